The summed E-state index contributed by atoms with van der Waals surface area (Å²) in [6.07, 6.45) is -0.836. The molecule has 3 rings (SSSR count). The summed E-state index contributed by atoms with van der Waals surface area (Å²) in [5.74, 6) is -0.675. The lowest BCUT2D eigenvalue weighted by atomic mass is 9.83. The van der Waals surface area contributed by atoms with Crippen molar-refractivity contribution in [2.45, 2.75) is 33.0 Å². The molecule has 2 saturated heterocycles. The average molecular weight is 374 g/mol. The van der Waals surface area contributed by atoms with Crippen molar-refractivity contribution < 1.29 is 23.9 Å². The lowest BCUT2D eigenvalue weighted by molar-refractivity contribution is -0.136. The molecule has 2 bridgehead atoms. The first-order chi connectivity index (χ1) is 12.7. The zero-order chi connectivity index (χ0) is 19.6. The van der Waals surface area contributed by atoms with Crippen molar-refractivity contribution in [2.75, 3.05) is 26.2 Å². The summed E-state index contributed by atoms with van der Waals surface area (Å²) >= 11 is 0. The number of likely N-dealkylation sites (tertiary alicyclic amines) is 2. The zero-order valence-electron chi connectivity index (χ0n) is 16.0. The Bertz CT molecular complexity index is 695. The molecule has 0 spiro atoms. The predicted octanol–water partition coefficient (Wildman–Crippen LogP) is 2.69. The summed E-state index contributed by atoms with van der Waals surface area (Å²) in [5.41, 5.74) is 0.330. The molecule has 2 aliphatic rings. The number of Topliss-reactive ketones (excluding diaryl/α,β-unsaturated/α-hetero) is 1. The van der Waals surface area contributed by atoms with Crippen LogP contribution in [0.2, 0.25) is 0 Å². The molecule has 2 atom stereocenters. The Morgan fingerprint density at radius 2 is 1.48 bits per heavy atom. The normalized spacial score (nSPS) is 22.4. The van der Waals surface area contributed by atoms with Crippen LogP contribution in [0.1, 0.15) is 26.3 Å². The highest BCUT2D eigenvalue weighted by molar-refractivity contribution is 5.88. The molecule has 7 heteroatoms. The Labute approximate surface area is 159 Å². The van der Waals surface area contributed by atoms with Crippen LogP contribution in [0.4, 0.5) is 9.59 Å². The van der Waals surface area contributed by atoms with Crippen LogP contribution in [-0.4, -0.2) is 59.5 Å². The number of amides is 2. The fourth-order valence-electron chi connectivity index (χ4n) is 3.46. The summed E-state index contributed by atoms with van der Waals surface area (Å²) in [6, 6.07) is 9.46. The van der Waals surface area contributed by atoms with Crippen molar-refractivity contribution in [3.05, 3.63) is 35.9 Å². The van der Waals surface area contributed by atoms with Gasteiger partial charge in [0.15, 0.2) is 0 Å². The maximum atomic E-state index is 12.5. The number of ether oxygens (including phenoxy) is 2. The molecular weight excluding hydrogens is 348 g/mol. The van der Waals surface area contributed by atoms with Crippen LogP contribution in [-0.2, 0) is 20.9 Å². The van der Waals surface area contributed by atoms with Crippen LogP contribution < -0.4 is 0 Å². The molecule has 0 aromatic heterocycles. The first-order valence-corrected chi connectivity index (χ1v) is 9.20. The minimum atomic E-state index is -0.582. The monoisotopic (exact) mass is 374 g/mol. The number of carbonyl (C=O) groups excluding carboxylic acids is 3. The van der Waals surface area contributed by atoms with Crippen LogP contribution in [0, 0.1) is 11.8 Å². The van der Waals surface area contributed by atoms with Gasteiger partial charge in [-0.2, -0.15) is 0 Å². The van der Waals surface area contributed by atoms with Gasteiger partial charge in [-0.1, -0.05) is 30.3 Å². The standard InChI is InChI=1S/C20H26N2O5/c1-20(2,3)27-19(25)22-11-15-9-21(10-16(12-22)17(15)23)18(24)26-13-14-7-5-4-6-8-14/h4-8,15-16H,9-13H2,1-3H3/t15-,16+. The van der Waals surface area contributed by atoms with Crippen LogP contribution >= 0.6 is 0 Å². The number of benzene rings is 1. The highest BCUT2D eigenvalue weighted by Gasteiger charge is 2.44. The van der Waals surface area contributed by atoms with Crippen molar-refractivity contribution in [3.63, 3.8) is 0 Å². The third kappa shape index (κ3) is 4.78. The number of hydrogen-bond acceptors (Lipinski definition) is 5. The van der Waals surface area contributed by atoms with Crippen molar-refractivity contribution in [1.29, 1.82) is 0 Å². The van der Waals surface area contributed by atoms with E-state index in [1.165, 1.54) is 0 Å². The van der Waals surface area contributed by atoms with E-state index in [4.69, 9.17) is 9.47 Å². The number of ketones is 1. The molecule has 2 heterocycles. The molecule has 2 aliphatic heterocycles. The largest absolute Gasteiger partial charge is 0.445 e. The Morgan fingerprint density at radius 3 is 2.00 bits per heavy atom. The molecule has 0 unspecified atom stereocenters. The third-order valence-electron chi connectivity index (χ3n) is 4.68. The molecule has 1 aromatic rings. The number of fused-ring (bicyclic) bond motifs is 2. The average Bonchev–Trinajstić information content (AvgIpc) is 2.58. The molecular formula is C20H26N2O5. The van der Waals surface area contributed by atoms with Gasteiger partial charge in [-0.05, 0) is 26.3 Å². The smallest absolute Gasteiger partial charge is 0.410 e. The van der Waals surface area contributed by atoms with Gasteiger partial charge in [0.25, 0.3) is 0 Å². The number of nitrogens with zero attached hydrogens (tertiary/aromatic N) is 2. The number of hydrogen-bond donors (Lipinski definition) is 0. The maximum Gasteiger partial charge on any atom is 0.410 e. The van der Waals surface area contributed by atoms with Gasteiger partial charge in [0.05, 0.1) is 11.8 Å². The maximum absolute atomic E-state index is 12.5. The second kappa shape index (κ2) is 7.58. The Kier molecular flexibility index (Phi) is 5.39. The highest BCUT2D eigenvalue weighted by Crippen LogP contribution is 2.27. The number of carbonyl (C=O) groups is 3. The predicted molar refractivity (Wildman–Crippen MR) is 98.0 cm³/mol. The zero-order valence-corrected chi connectivity index (χ0v) is 16.0. The minimum Gasteiger partial charge on any atom is -0.445 e. The summed E-state index contributed by atoms with van der Waals surface area (Å²) in [5, 5.41) is 0. The summed E-state index contributed by atoms with van der Waals surface area (Å²) in [4.78, 5) is 40.3. The van der Waals surface area contributed by atoms with E-state index in [1.807, 2.05) is 51.1 Å². The second-order valence-corrected chi connectivity index (χ2v) is 8.13. The van der Waals surface area contributed by atoms with Gasteiger partial charge in [-0.15, -0.1) is 0 Å². The first kappa shape index (κ1) is 19.2. The second-order valence-electron chi connectivity index (χ2n) is 8.13. The van der Waals surface area contributed by atoms with E-state index in [0.29, 0.717) is 0 Å². The Morgan fingerprint density at radius 1 is 0.963 bits per heavy atom. The molecule has 0 aliphatic carbocycles. The molecule has 7 nitrogen and oxygen atoms in total. The van der Waals surface area contributed by atoms with Crippen molar-refractivity contribution in [1.82, 2.24) is 9.80 Å². The van der Waals surface area contributed by atoms with E-state index < -0.39 is 29.6 Å². The van der Waals surface area contributed by atoms with Crippen LogP contribution in [0.3, 0.4) is 0 Å². The van der Waals surface area contributed by atoms with Gasteiger partial charge < -0.3 is 19.3 Å². The molecule has 1 aromatic carbocycles. The minimum absolute atomic E-state index is 0.113. The first-order valence-electron chi connectivity index (χ1n) is 9.20. The van der Waals surface area contributed by atoms with Gasteiger partial charge >= 0.3 is 12.2 Å². The van der Waals surface area contributed by atoms with Gasteiger partial charge in [0.2, 0.25) is 0 Å². The van der Waals surface area contributed by atoms with Crippen LogP contribution in [0.5, 0.6) is 0 Å². The van der Waals surface area contributed by atoms with E-state index in [0.717, 1.165) is 5.56 Å². The highest BCUT2D eigenvalue weighted by atomic mass is 16.6. The molecule has 0 saturated carbocycles. The third-order valence-corrected chi connectivity index (χ3v) is 4.68. The SMILES string of the molecule is CC(C)(C)OC(=O)N1C[C@H]2CN(C(=O)OCc3ccccc3)C[C@@H](C1)C2=O. The van der Waals surface area contributed by atoms with Crippen molar-refractivity contribution in [3.8, 4) is 0 Å². The molecule has 0 N–H and O–H groups in total. The lowest BCUT2D eigenvalue weighted by Crippen LogP contribution is -2.60. The van der Waals surface area contributed by atoms with Crippen LogP contribution in [0.15, 0.2) is 30.3 Å². The van der Waals surface area contributed by atoms with Gasteiger partial charge in [-0.3, -0.25) is 4.79 Å². The quantitative estimate of drug-likeness (QED) is 0.795. The Hall–Kier alpha value is -2.57. The van der Waals surface area contributed by atoms with Gasteiger partial charge in [0, 0.05) is 26.2 Å². The lowest BCUT2D eigenvalue weighted by Gasteiger charge is -2.44. The van der Waals surface area contributed by atoms with E-state index >= 15 is 0 Å². The fourth-order valence-corrected chi connectivity index (χ4v) is 3.46. The van der Waals surface area contributed by atoms with E-state index in [2.05, 4.69) is 0 Å². The number of piperidine rings is 2. The summed E-state index contributed by atoms with van der Waals surface area (Å²) in [6.45, 7) is 6.70. The van der Waals surface area contributed by atoms with Gasteiger partial charge in [0.1, 0.15) is 18.0 Å². The topological polar surface area (TPSA) is 76.2 Å². The van der Waals surface area contributed by atoms with Crippen LogP contribution in [0.25, 0.3) is 0 Å². The molecule has 2 amide bonds. The van der Waals surface area contributed by atoms with Crippen molar-refractivity contribution in [2.24, 2.45) is 11.8 Å². The van der Waals surface area contributed by atoms with E-state index in [-0.39, 0.29) is 38.6 Å². The summed E-state index contributed by atoms with van der Waals surface area (Å²) in [7, 11) is 0. The van der Waals surface area contributed by atoms with Gasteiger partial charge in [-0.25, -0.2) is 9.59 Å². The van der Waals surface area contributed by atoms with E-state index in [9.17, 15) is 14.4 Å². The molecule has 146 valence electrons. The van der Waals surface area contributed by atoms with E-state index in [1.54, 1.807) is 9.80 Å². The summed E-state index contributed by atoms with van der Waals surface area (Å²) < 4.78 is 10.8. The molecule has 2 fully saturated rings. The fraction of sp³-hybridized carbons (Fsp3) is 0.550. The molecule has 27 heavy (non-hydrogen) atoms. The Balaban J connectivity index is 1.57. The van der Waals surface area contributed by atoms with Crippen molar-refractivity contribution >= 4 is 18.0 Å². The molecule has 0 radical (unpaired) electrons. The number of rotatable bonds is 2.